The van der Waals surface area contributed by atoms with Crippen LogP contribution in [0, 0.1) is 18.3 Å². The maximum absolute atomic E-state index is 12.5. The number of halogens is 1. The van der Waals surface area contributed by atoms with Crippen molar-refractivity contribution in [3.8, 4) is 6.07 Å². The predicted molar refractivity (Wildman–Crippen MR) is 111 cm³/mol. The van der Waals surface area contributed by atoms with Crippen LogP contribution in [-0.4, -0.2) is 23.2 Å². The zero-order chi connectivity index (χ0) is 19.2. The molecule has 6 heteroatoms. The number of benzene rings is 2. The zero-order valence-corrected chi connectivity index (χ0v) is 16.4. The van der Waals surface area contributed by atoms with Crippen molar-refractivity contribution in [1.82, 2.24) is 10.3 Å². The molecule has 0 saturated carbocycles. The fraction of sp³-hybridized carbons (Fsp3) is 0.190. The van der Waals surface area contributed by atoms with E-state index in [1.165, 1.54) is 0 Å². The second-order valence-electron chi connectivity index (χ2n) is 6.04. The summed E-state index contributed by atoms with van der Waals surface area (Å²) in [6.45, 7) is 2.38. The number of nitrogens with one attached hydrogen (secondary N) is 1. The number of aryl methyl sites for hydroxylation is 1. The Labute approximate surface area is 167 Å². The lowest BCUT2D eigenvalue weighted by Gasteiger charge is -2.09. The summed E-state index contributed by atoms with van der Waals surface area (Å²) in [5.41, 5.74) is 3.79. The first-order valence-electron chi connectivity index (χ1n) is 8.49. The van der Waals surface area contributed by atoms with Gasteiger partial charge in [0.15, 0.2) is 0 Å². The Hall–Kier alpha value is -2.55. The molecule has 0 atom stereocenters. The summed E-state index contributed by atoms with van der Waals surface area (Å²) >= 11 is 7.71. The number of hydrogen-bond acceptors (Lipinski definition) is 4. The highest BCUT2D eigenvalue weighted by atomic mass is 35.5. The van der Waals surface area contributed by atoms with Gasteiger partial charge in [0, 0.05) is 28.5 Å². The summed E-state index contributed by atoms with van der Waals surface area (Å²) in [4.78, 5) is 17.0. The molecule has 0 fully saturated rings. The Morgan fingerprint density at radius 2 is 2.07 bits per heavy atom. The largest absolute Gasteiger partial charge is 0.351 e. The Bertz CT molecular complexity index is 1030. The number of fused-ring (bicyclic) bond motifs is 1. The van der Waals surface area contributed by atoms with Crippen molar-refractivity contribution < 1.29 is 4.79 Å². The van der Waals surface area contributed by atoms with Crippen LogP contribution in [-0.2, 0) is 5.75 Å². The lowest BCUT2D eigenvalue weighted by molar-refractivity contribution is 0.0955. The summed E-state index contributed by atoms with van der Waals surface area (Å²) in [6, 6.07) is 17.0. The monoisotopic (exact) mass is 395 g/mol. The number of nitrogens with zero attached hydrogens (tertiary/aromatic N) is 2. The summed E-state index contributed by atoms with van der Waals surface area (Å²) < 4.78 is 0. The zero-order valence-electron chi connectivity index (χ0n) is 14.8. The molecule has 4 nitrogen and oxygen atoms in total. The van der Waals surface area contributed by atoms with Crippen molar-refractivity contribution in [1.29, 1.82) is 5.26 Å². The topological polar surface area (TPSA) is 65.8 Å². The second kappa shape index (κ2) is 8.90. The van der Waals surface area contributed by atoms with Crippen LogP contribution in [0.3, 0.4) is 0 Å². The third-order valence-corrected chi connectivity index (χ3v) is 5.38. The number of aromatic nitrogens is 1. The van der Waals surface area contributed by atoms with Gasteiger partial charge in [0.2, 0.25) is 0 Å². The van der Waals surface area contributed by atoms with Crippen molar-refractivity contribution in [2.45, 2.75) is 12.7 Å². The second-order valence-corrected chi connectivity index (χ2v) is 7.58. The van der Waals surface area contributed by atoms with Gasteiger partial charge in [-0.3, -0.25) is 9.78 Å². The number of carbonyl (C=O) groups excluding carboxylic acids is 1. The van der Waals surface area contributed by atoms with Crippen molar-refractivity contribution in [2.24, 2.45) is 0 Å². The normalized spacial score (nSPS) is 10.6. The van der Waals surface area contributed by atoms with Crippen LogP contribution in [0.25, 0.3) is 10.9 Å². The molecule has 1 aromatic heterocycles. The molecule has 27 heavy (non-hydrogen) atoms. The molecule has 0 aliphatic heterocycles. The number of pyridine rings is 1. The average Bonchev–Trinajstić information content (AvgIpc) is 2.67. The number of thioether (sulfide) groups is 1. The molecule has 1 amide bonds. The quantitative estimate of drug-likeness (QED) is 0.612. The van der Waals surface area contributed by atoms with E-state index >= 15 is 0 Å². The van der Waals surface area contributed by atoms with Crippen LogP contribution in [0.4, 0.5) is 0 Å². The number of nitriles is 1. The molecule has 0 spiro atoms. The maximum atomic E-state index is 12.5. The first kappa shape index (κ1) is 19.2. The van der Waals surface area contributed by atoms with E-state index in [9.17, 15) is 4.79 Å². The molecule has 0 aliphatic carbocycles. The smallest absolute Gasteiger partial charge is 0.253 e. The molecule has 136 valence electrons. The molecule has 0 saturated heterocycles. The van der Waals surface area contributed by atoms with Gasteiger partial charge in [-0.1, -0.05) is 29.8 Å². The van der Waals surface area contributed by atoms with Crippen LogP contribution in [0.5, 0.6) is 0 Å². The minimum absolute atomic E-state index is 0.139. The van der Waals surface area contributed by atoms with Gasteiger partial charge < -0.3 is 5.32 Å². The van der Waals surface area contributed by atoms with Gasteiger partial charge in [0.25, 0.3) is 5.91 Å². The number of hydrogen-bond donors (Lipinski definition) is 1. The van der Waals surface area contributed by atoms with E-state index in [0.717, 1.165) is 28.0 Å². The highest BCUT2D eigenvalue weighted by Crippen LogP contribution is 2.21. The fourth-order valence-electron chi connectivity index (χ4n) is 2.74. The molecule has 1 heterocycles. The van der Waals surface area contributed by atoms with E-state index in [4.69, 9.17) is 16.9 Å². The van der Waals surface area contributed by atoms with E-state index in [0.29, 0.717) is 28.4 Å². The molecule has 3 rings (SSSR count). The average molecular weight is 396 g/mol. The highest BCUT2D eigenvalue weighted by Gasteiger charge is 2.11. The number of rotatable bonds is 6. The molecule has 3 aromatic rings. The minimum Gasteiger partial charge on any atom is -0.351 e. The highest BCUT2D eigenvalue weighted by molar-refractivity contribution is 7.98. The van der Waals surface area contributed by atoms with Crippen LogP contribution in [0.2, 0.25) is 5.02 Å². The molecule has 0 radical (unpaired) electrons. The molecule has 0 aliphatic rings. The van der Waals surface area contributed by atoms with E-state index < -0.39 is 0 Å². The molecular formula is C21H18ClN3OS. The number of amides is 1. The van der Waals surface area contributed by atoms with E-state index in [2.05, 4.69) is 16.4 Å². The summed E-state index contributed by atoms with van der Waals surface area (Å²) in [5.74, 6) is 1.37. The first-order chi connectivity index (χ1) is 13.1. The van der Waals surface area contributed by atoms with Crippen LogP contribution < -0.4 is 5.32 Å². The maximum Gasteiger partial charge on any atom is 0.253 e. The van der Waals surface area contributed by atoms with Gasteiger partial charge in [0.05, 0.1) is 28.4 Å². The van der Waals surface area contributed by atoms with Gasteiger partial charge in [-0.05, 0) is 42.8 Å². The standard InChI is InChI=1S/C21H18ClN3OS/c1-14-19(11-17-10-18(22)6-7-20(17)25-14)21(26)24-8-9-27-13-16-5-3-2-4-15(16)12-23/h2-7,10-11H,8-9,13H2,1H3,(H,24,26). The molecule has 0 unspecified atom stereocenters. The van der Waals surface area contributed by atoms with Gasteiger partial charge in [-0.2, -0.15) is 17.0 Å². The third-order valence-electron chi connectivity index (χ3n) is 4.14. The summed E-state index contributed by atoms with van der Waals surface area (Å²) in [5, 5.41) is 13.5. The van der Waals surface area contributed by atoms with E-state index in [1.807, 2.05) is 49.4 Å². The van der Waals surface area contributed by atoms with E-state index in [1.54, 1.807) is 17.8 Å². The van der Waals surface area contributed by atoms with Crippen molar-refractivity contribution in [2.75, 3.05) is 12.3 Å². The molecule has 1 N–H and O–H groups in total. The Morgan fingerprint density at radius 3 is 2.89 bits per heavy atom. The Morgan fingerprint density at radius 1 is 1.26 bits per heavy atom. The van der Waals surface area contributed by atoms with Gasteiger partial charge in [0.1, 0.15) is 0 Å². The SMILES string of the molecule is Cc1nc2ccc(Cl)cc2cc1C(=O)NCCSCc1ccccc1C#N. The summed E-state index contributed by atoms with van der Waals surface area (Å²) in [6.07, 6.45) is 0. The Kier molecular flexibility index (Phi) is 6.33. The van der Waals surface area contributed by atoms with Crippen LogP contribution in [0.15, 0.2) is 48.5 Å². The van der Waals surface area contributed by atoms with Crippen molar-refractivity contribution >= 4 is 40.2 Å². The number of carbonyl (C=O) groups is 1. The molecular weight excluding hydrogens is 378 g/mol. The molecule has 2 aromatic carbocycles. The van der Waals surface area contributed by atoms with Crippen LogP contribution >= 0.6 is 23.4 Å². The van der Waals surface area contributed by atoms with Crippen molar-refractivity contribution in [3.63, 3.8) is 0 Å². The minimum atomic E-state index is -0.139. The Balaban J connectivity index is 1.56. The third kappa shape index (κ3) is 4.79. The lowest BCUT2D eigenvalue weighted by atomic mass is 10.1. The molecule has 0 bridgehead atoms. The predicted octanol–water partition coefficient (Wildman–Crippen LogP) is 4.73. The summed E-state index contributed by atoms with van der Waals surface area (Å²) in [7, 11) is 0. The van der Waals surface area contributed by atoms with Gasteiger partial charge in [-0.25, -0.2) is 0 Å². The van der Waals surface area contributed by atoms with Crippen LogP contribution in [0.1, 0.15) is 27.2 Å². The lowest BCUT2D eigenvalue weighted by Crippen LogP contribution is -2.26. The van der Waals surface area contributed by atoms with Gasteiger partial charge >= 0.3 is 0 Å². The fourth-order valence-corrected chi connectivity index (χ4v) is 3.79. The van der Waals surface area contributed by atoms with Gasteiger partial charge in [-0.15, -0.1) is 0 Å². The van der Waals surface area contributed by atoms with E-state index in [-0.39, 0.29) is 5.91 Å². The first-order valence-corrected chi connectivity index (χ1v) is 10.0. The van der Waals surface area contributed by atoms with Crippen molar-refractivity contribution in [3.05, 3.63) is 75.9 Å².